The Labute approximate surface area is 127 Å². The highest BCUT2D eigenvalue weighted by Gasteiger charge is 2.27. The molecule has 0 aliphatic carbocycles. The minimum absolute atomic E-state index is 0.0149. The molecule has 0 spiro atoms. The molecule has 0 radical (unpaired) electrons. The zero-order chi connectivity index (χ0) is 15.7. The molecule has 1 aliphatic heterocycles. The van der Waals surface area contributed by atoms with Gasteiger partial charge in [-0.05, 0) is 17.7 Å². The number of amides is 1. The first-order valence-electron chi connectivity index (χ1n) is 6.88. The van der Waals surface area contributed by atoms with Gasteiger partial charge in [-0.25, -0.2) is 4.98 Å². The first-order valence-corrected chi connectivity index (χ1v) is 6.88. The van der Waals surface area contributed by atoms with Crippen LogP contribution < -0.4 is 16.2 Å². The van der Waals surface area contributed by atoms with Gasteiger partial charge in [0.15, 0.2) is 0 Å². The average molecular weight is 299 g/mol. The summed E-state index contributed by atoms with van der Waals surface area (Å²) in [5, 5.41) is 0. The van der Waals surface area contributed by atoms with E-state index < -0.39 is 0 Å². The lowest BCUT2D eigenvalue weighted by Gasteiger charge is -2.15. The number of benzene rings is 1. The summed E-state index contributed by atoms with van der Waals surface area (Å²) in [4.78, 5) is 22.2. The minimum atomic E-state index is 0.0149. The third-order valence-electron chi connectivity index (χ3n) is 3.70. The average Bonchev–Trinajstić information content (AvgIpc) is 2.92. The molecule has 3 rings (SSSR count). The van der Waals surface area contributed by atoms with Gasteiger partial charge in [-0.3, -0.25) is 4.79 Å². The van der Waals surface area contributed by atoms with E-state index in [1.165, 1.54) is 0 Å². The molecule has 0 atom stereocenters. The number of carbonyl (C=O) groups excluding carboxylic acids is 1. The molecule has 114 valence electrons. The normalized spacial score (nSPS) is 13.0. The van der Waals surface area contributed by atoms with Crippen LogP contribution in [0.25, 0.3) is 0 Å². The maximum atomic E-state index is 12.4. The summed E-state index contributed by atoms with van der Waals surface area (Å²) in [5.41, 5.74) is 13.9. The number of fused-ring (bicyclic) bond motifs is 1. The zero-order valence-electron chi connectivity index (χ0n) is 12.2. The molecule has 1 aromatic carbocycles. The van der Waals surface area contributed by atoms with Crippen molar-refractivity contribution in [3.8, 4) is 5.75 Å². The third kappa shape index (κ3) is 2.65. The molecular formula is C15H17N5O2. The van der Waals surface area contributed by atoms with Gasteiger partial charge in [-0.15, -0.1) is 0 Å². The Hall–Kier alpha value is -2.83. The molecule has 2 heterocycles. The standard InChI is InChI=1S/C15H17N5O2/c1-22-10-4-2-9(3-5-10)6-13(21)20-7-11-12(8-20)18-15(17)19-14(11)16/h2-5H,6-8H2,1H3,(H4,16,17,18,19). The molecule has 1 amide bonds. The zero-order valence-corrected chi connectivity index (χ0v) is 12.2. The van der Waals surface area contributed by atoms with Crippen molar-refractivity contribution in [1.29, 1.82) is 0 Å². The second-order valence-electron chi connectivity index (χ2n) is 5.17. The van der Waals surface area contributed by atoms with Gasteiger partial charge in [0.1, 0.15) is 11.6 Å². The molecule has 0 bridgehead atoms. The first-order chi connectivity index (χ1) is 10.6. The second-order valence-corrected chi connectivity index (χ2v) is 5.17. The van der Waals surface area contributed by atoms with Crippen LogP contribution in [0.5, 0.6) is 5.75 Å². The van der Waals surface area contributed by atoms with Gasteiger partial charge in [0.05, 0.1) is 32.3 Å². The smallest absolute Gasteiger partial charge is 0.227 e. The highest BCUT2D eigenvalue weighted by Crippen LogP contribution is 2.26. The van der Waals surface area contributed by atoms with Crippen molar-refractivity contribution < 1.29 is 9.53 Å². The van der Waals surface area contributed by atoms with Crippen molar-refractivity contribution in [1.82, 2.24) is 14.9 Å². The number of nitrogens with zero attached hydrogens (tertiary/aromatic N) is 3. The first kappa shape index (κ1) is 14.1. The number of rotatable bonds is 3. The molecule has 1 aliphatic rings. The van der Waals surface area contributed by atoms with Crippen LogP contribution in [-0.2, 0) is 24.3 Å². The van der Waals surface area contributed by atoms with Crippen LogP contribution >= 0.6 is 0 Å². The fourth-order valence-corrected chi connectivity index (χ4v) is 2.51. The van der Waals surface area contributed by atoms with Crippen molar-refractivity contribution in [2.45, 2.75) is 19.5 Å². The van der Waals surface area contributed by atoms with E-state index in [4.69, 9.17) is 16.2 Å². The van der Waals surface area contributed by atoms with E-state index in [1.807, 2.05) is 24.3 Å². The SMILES string of the molecule is COc1ccc(CC(=O)N2Cc3nc(N)nc(N)c3C2)cc1. The Kier molecular flexibility index (Phi) is 3.54. The van der Waals surface area contributed by atoms with E-state index in [0.717, 1.165) is 22.6 Å². The summed E-state index contributed by atoms with van der Waals surface area (Å²) in [7, 11) is 1.61. The molecule has 7 heteroatoms. The second kappa shape index (κ2) is 5.51. The monoisotopic (exact) mass is 299 g/mol. The molecular weight excluding hydrogens is 282 g/mol. The van der Waals surface area contributed by atoms with Crippen LogP contribution in [-0.4, -0.2) is 27.9 Å². The number of carbonyl (C=O) groups is 1. The maximum Gasteiger partial charge on any atom is 0.227 e. The number of ether oxygens (including phenoxy) is 1. The summed E-state index contributed by atoms with van der Waals surface area (Å²) < 4.78 is 5.10. The largest absolute Gasteiger partial charge is 0.497 e. The fraction of sp³-hybridized carbons (Fsp3) is 0.267. The van der Waals surface area contributed by atoms with Crippen molar-refractivity contribution in [3.63, 3.8) is 0 Å². The fourth-order valence-electron chi connectivity index (χ4n) is 2.51. The van der Waals surface area contributed by atoms with Gasteiger partial charge in [0.2, 0.25) is 11.9 Å². The number of aromatic nitrogens is 2. The molecule has 4 N–H and O–H groups in total. The van der Waals surface area contributed by atoms with Gasteiger partial charge < -0.3 is 21.1 Å². The van der Waals surface area contributed by atoms with Gasteiger partial charge >= 0.3 is 0 Å². The lowest BCUT2D eigenvalue weighted by Crippen LogP contribution is -2.27. The lowest BCUT2D eigenvalue weighted by molar-refractivity contribution is -0.131. The number of nitrogens with two attached hydrogens (primary N) is 2. The van der Waals surface area contributed by atoms with Gasteiger partial charge in [0, 0.05) is 5.56 Å². The van der Waals surface area contributed by atoms with Crippen LogP contribution in [0.15, 0.2) is 24.3 Å². The Bertz CT molecular complexity index is 715. The predicted molar refractivity (Wildman–Crippen MR) is 81.8 cm³/mol. The minimum Gasteiger partial charge on any atom is -0.497 e. The number of methoxy groups -OCH3 is 1. The van der Waals surface area contributed by atoms with Crippen LogP contribution in [0.1, 0.15) is 16.8 Å². The van der Waals surface area contributed by atoms with E-state index in [2.05, 4.69) is 9.97 Å². The molecule has 0 unspecified atom stereocenters. The van der Waals surface area contributed by atoms with Crippen LogP contribution in [0, 0.1) is 0 Å². The van der Waals surface area contributed by atoms with Gasteiger partial charge in [0.25, 0.3) is 0 Å². The third-order valence-corrected chi connectivity index (χ3v) is 3.70. The number of nitrogen functional groups attached to an aromatic ring is 2. The van der Waals surface area contributed by atoms with E-state index >= 15 is 0 Å². The summed E-state index contributed by atoms with van der Waals surface area (Å²) in [5.74, 6) is 1.27. The Morgan fingerprint density at radius 3 is 2.64 bits per heavy atom. The lowest BCUT2D eigenvalue weighted by atomic mass is 10.1. The van der Waals surface area contributed by atoms with Crippen molar-refractivity contribution in [2.24, 2.45) is 0 Å². The topological polar surface area (TPSA) is 107 Å². The van der Waals surface area contributed by atoms with Gasteiger partial charge in [-0.2, -0.15) is 4.98 Å². The van der Waals surface area contributed by atoms with Crippen molar-refractivity contribution >= 4 is 17.7 Å². The van der Waals surface area contributed by atoms with Crippen molar-refractivity contribution in [3.05, 3.63) is 41.1 Å². The molecule has 22 heavy (non-hydrogen) atoms. The molecule has 2 aromatic rings. The molecule has 1 aromatic heterocycles. The van der Waals surface area contributed by atoms with E-state index in [-0.39, 0.29) is 11.9 Å². The van der Waals surface area contributed by atoms with E-state index in [1.54, 1.807) is 12.0 Å². The quantitative estimate of drug-likeness (QED) is 0.865. The molecule has 0 fully saturated rings. The van der Waals surface area contributed by atoms with Crippen molar-refractivity contribution in [2.75, 3.05) is 18.6 Å². The molecule has 0 saturated carbocycles. The van der Waals surface area contributed by atoms with E-state index in [9.17, 15) is 4.79 Å². The van der Waals surface area contributed by atoms with Crippen LogP contribution in [0.2, 0.25) is 0 Å². The Morgan fingerprint density at radius 2 is 1.95 bits per heavy atom. The molecule has 0 saturated heterocycles. The van der Waals surface area contributed by atoms with Gasteiger partial charge in [-0.1, -0.05) is 12.1 Å². The van der Waals surface area contributed by atoms with E-state index in [0.29, 0.717) is 25.3 Å². The Balaban J connectivity index is 1.70. The highest BCUT2D eigenvalue weighted by molar-refractivity contribution is 5.79. The highest BCUT2D eigenvalue weighted by atomic mass is 16.5. The summed E-state index contributed by atoms with van der Waals surface area (Å²) in [6.45, 7) is 0.845. The number of anilines is 2. The summed E-state index contributed by atoms with van der Waals surface area (Å²) in [6.07, 6.45) is 0.320. The Morgan fingerprint density at radius 1 is 1.23 bits per heavy atom. The van der Waals surface area contributed by atoms with Crippen LogP contribution in [0.3, 0.4) is 0 Å². The summed E-state index contributed by atoms with van der Waals surface area (Å²) >= 11 is 0. The van der Waals surface area contributed by atoms with Crippen LogP contribution in [0.4, 0.5) is 11.8 Å². The summed E-state index contributed by atoms with van der Waals surface area (Å²) in [6, 6.07) is 7.44. The predicted octanol–water partition coefficient (Wildman–Crippen LogP) is 0.734. The maximum absolute atomic E-state index is 12.4. The molecule has 7 nitrogen and oxygen atoms in total. The number of hydrogen-bond donors (Lipinski definition) is 2. The number of hydrogen-bond acceptors (Lipinski definition) is 6.